The highest BCUT2D eigenvalue weighted by Gasteiger charge is 2.30. The van der Waals surface area contributed by atoms with E-state index in [2.05, 4.69) is 0 Å². The molecule has 5 heteroatoms. The third-order valence-electron chi connectivity index (χ3n) is 3.39. The number of carbonyl (C=O) groups is 1. The highest BCUT2D eigenvalue weighted by atomic mass is 16.5. The maximum Gasteiger partial charge on any atom is 0.311 e. The van der Waals surface area contributed by atoms with Gasteiger partial charge in [-0.05, 0) is 12.5 Å². The molecule has 1 heterocycles. The minimum Gasteiger partial charge on any atom is -0.497 e. The number of hydrogen-bond acceptors (Lipinski definition) is 4. The zero-order chi connectivity index (χ0) is 13.8. The third kappa shape index (κ3) is 2.98. The summed E-state index contributed by atoms with van der Waals surface area (Å²) < 4.78 is 15.5. The Morgan fingerprint density at radius 1 is 1.42 bits per heavy atom. The molecule has 0 aromatic heterocycles. The van der Waals surface area contributed by atoms with Crippen LogP contribution in [0.4, 0.5) is 0 Å². The first-order valence-corrected chi connectivity index (χ1v) is 6.18. The first-order valence-electron chi connectivity index (χ1n) is 6.18. The van der Waals surface area contributed by atoms with Gasteiger partial charge in [-0.1, -0.05) is 6.07 Å². The van der Waals surface area contributed by atoms with Crippen LogP contribution in [0, 0.1) is 5.92 Å². The van der Waals surface area contributed by atoms with Crippen molar-refractivity contribution in [3.8, 4) is 11.5 Å². The van der Waals surface area contributed by atoms with Crippen LogP contribution in [0.5, 0.6) is 11.5 Å². The van der Waals surface area contributed by atoms with Crippen molar-refractivity contribution < 1.29 is 24.1 Å². The van der Waals surface area contributed by atoms with Gasteiger partial charge in [-0.2, -0.15) is 0 Å². The summed E-state index contributed by atoms with van der Waals surface area (Å²) >= 11 is 0. The van der Waals surface area contributed by atoms with Gasteiger partial charge in [0, 0.05) is 17.5 Å². The van der Waals surface area contributed by atoms with Crippen molar-refractivity contribution in [2.75, 3.05) is 27.4 Å². The lowest BCUT2D eigenvalue weighted by molar-refractivity contribution is -0.140. The minimum absolute atomic E-state index is 0.313. The van der Waals surface area contributed by atoms with Crippen LogP contribution in [-0.4, -0.2) is 38.5 Å². The standard InChI is InChI=1S/C14H18O5/c1-17-10-3-4-11(13(6-10)18-2)12(14(15)16)5-9-7-19-8-9/h3-4,6,9,12H,5,7-8H2,1-2H3,(H,15,16). The molecule has 5 nitrogen and oxygen atoms in total. The molecule has 1 aliphatic heterocycles. The fourth-order valence-electron chi connectivity index (χ4n) is 2.22. The normalized spacial score (nSPS) is 16.5. The number of methoxy groups -OCH3 is 2. The zero-order valence-electron chi connectivity index (χ0n) is 11.1. The van der Waals surface area contributed by atoms with Crippen molar-refractivity contribution in [2.45, 2.75) is 12.3 Å². The van der Waals surface area contributed by atoms with Crippen LogP contribution in [0.1, 0.15) is 17.9 Å². The molecule has 0 bridgehead atoms. The molecule has 1 N–H and O–H groups in total. The summed E-state index contributed by atoms with van der Waals surface area (Å²) in [4.78, 5) is 11.5. The summed E-state index contributed by atoms with van der Waals surface area (Å²) in [5.41, 5.74) is 0.683. The van der Waals surface area contributed by atoms with Crippen molar-refractivity contribution in [3.63, 3.8) is 0 Å². The smallest absolute Gasteiger partial charge is 0.311 e. The van der Waals surface area contributed by atoms with E-state index in [0.29, 0.717) is 42.6 Å². The molecule has 1 aliphatic rings. The summed E-state index contributed by atoms with van der Waals surface area (Å²) in [6.07, 6.45) is 0.567. The number of hydrogen-bond donors (Lipinski definition) is 1. The molecule has 1 aromatic rings. The maximum absolute atomic E-state index is 11.5. The Labute approximate surface area is 112 Å². The summed E-state index contributed by atoms with van der Waals surface area (Å²) in [7, 11) is 3.10. The highest BCUT2D eigenvalue weighted by Crippen LogP contribution is 2.35. The second-order valence-electron chi connectivity index (χ2n) is 4.64. The lowest BCUT2D eigenvalue weighted by atomic mass is 9.87. The molecule has 0 radical (unpaired) electrons. The predicted molar refractivity (Wildman–Crippen MR) is 68.8 cm³/mol. The van der Waals surface area contributed by atoms with Gasteiger partial charge in [0.1, 0.15) is 11.5 Å². The Bertz CT molecular complexity index is 453. The molecule has 104 valence electrons. The fraction of sp³-hybridized carbons (Fsp3) is 0.500. The molecule has 1 fully saturated rings. The van der Waals surface area contributed by atoms with Gasteiger partial charge in [-0.15, -0.1) is 0 Å². The topological polar surface area (TPSA) is 65.0 Å². The van der Waals surface area contributed by atoms with Gasteiger partial charge in [0.25, 0.3) is 0 Å². The Morgan fingerprint density at radius 3 is 2.63 bits per heavy atom. The molecular formula is C14H18O5. The summed E-state index contributed by atoms with van der Waals surface area (Å²) in [5.74, 6) is 0.0988. The van der Waals surface area contributed by atoms with Gasteiger partial charge in [0.05, 0.1) is 33.4 Å². The largest absolute Gasteiger partial charge is 0.497 e. The maximum atomic E-state index is 11.5. The van der Waals surface area contributed by atoms with Crippen LogP contribution in [0.25, 0.3) is 0 Å². The molecule has 0 amide bonds. The van der Waals surface area contributed by atoms with E-state index < -0.39 is 11.9 Å². The minimum atomic E-state index is -0.838. The number of benzene rings is 1. The van der Waals surface area contributed by atoms with Gasteiger partial charge in [-0.25, -0.2) is 0 Å². The molecular weight excluding hydrogens is 248 g/mol. The van der Waals surface area contributed by atoms with Crippen LogP contribution in [0.2, 0.25) is 0 Å². The van der Waals surface area contributed by atoms with Crippen LogP contribution >= 0.6 is 0 Å². The molecule has 2 rings (SSSR count). The lowest BCUT2D eigenvalue weighted by Crippen LogP contribution is -2.31. The molecule has 1 aromatic carbocycles. The molecule has 0 spiro atoms. The molecule has 0 aliphatic carbocycles. The van der Waals surface area contributed by atoms with Gasteiger partial charge in [0.15, 0.2) is 0 Å². The first-order chi connectivity index (χ1) is 9.15. The number of rotatable bonds is 6. The lowest BCUT2D eigenvalue weighted by Gasteiger charge is -2.29. The van der Waals surface area contributed by atoms with E-state index in [1.54, 1.807) is 25.3 Å². The van der Waals surface area contributed by atoms with Crippen molar-refractivity contribution in [3.05, 3.63) is 23.8 Å². The van der Waals surface area contributed by atoms with Crippen molar-refractivity contribution in [1.29, 1.82) is 0 Å². The third-order valence-corrected chi connectivity index (χ3v) is 3.39. The Morgan fingerprint density at radius 2 is 2.16 bits per heavy atom. The van der Waals surface area contributed by atoms with Crippen molar-refractivity contribution in [2.24, 2.45) is 5.92 Å². The second-order valence-corrected chi connectivity index (χ2v) is 4.64. The van der Waals surface area contributed by atoms with Gasteiger partial charge in [0.2, 0.25) is 0 Å². The molecule has 1 saturated heterocycles. The quantitative estimate of drug-likeness (QED) is 0.852. The fourth-order valence-corrected chi connectivity index (χ4v) is 2.22. The van der Waals surface area contributed by atoms with E-state index in [-0.39, 0.29) is 0 Å². The van der Waals surface area contributed by atoms with Crippen LogP contribution in [0.15, 0.2) is 18.2 Å². The Hall–Kier alpha value is -1.75. The first kappa shape index (κ1) is 13.7. The summed E-state index contributed by atoms with van der Waals surface area (Å²) in [6.45, 7) is 1.28. The average molecular weight is 266 g/mol. The number of carboxylic acids is 1. The van der Waals surface area contributed by atoms with Gasteiger partial charge in [-0.3, -0.25) is 4.79 Å². The van der Waals surface area contributed by atoms with E-state index in [9.17, 15) is 9.90 Å². The number of ether oxygens (including phenoxy) is 3. The molecule has 19 heavy (non-hydrogen) atoms. The van der Waals surface area contributed by atoms with Crippen LogP contribution < -0.4 is 9.47 Å². The summed E-state index contributed by atoms with van der Waals surface area (Å²) in [5, 5.41) is 9.41. The Kier molecular flexibility index (Phi) is 4.27. The predicted octanol–water partition coefficient (Wildman–Crippen LogP) is 1.91. The van der Waals surface area contributed by atoms with E-state index in [1.807, 2.05) is 0 Å². The molecule has 1 atom stereocenters. The SMILES string of the molecule is COc1ccc(C(CC2COC2)C(=O)O)c(OC)c1. The van der Waals surface area contributed by atoms with E-state index in [0.717, 1.165) is 0 Å². The van der Waals surface area contributed by atoms with E-state index in [1.165, 1.54) is 7.11 Å². The van der Waals surface area contributed by atoms with Gasteiger partial charge < -0.3 is 19.3 Å². The van der Waals surface area contributed by atoms with Gasteiger partial charge >= 0.3 is 5.97 Å². The highest BCUT2D eigenvalue weighted by molar-refractivity contribution is 5.77. The number of aliphatic carboxylic acids is 1. The van der Waals surface area contributed by atoms with Crippen LogP contribution in [0.3, 0.4) is 0 Å². The molecule has 1 unspecified atom stereocenters. The van der Waals surface area contributed by atoms with Crippen molar-refractivity contribution >= 4 is 5.97 Å². The monoisotopic (exact) mass is 266 g/mol. The molecule has 0 saturated carbocycles. The van der Waals surface area contributed by atoms with E-state index in [4.69, 9.17) is 14.2 Å². The van der Waals surface area contributed by atoms with E-state index >= 15 is 0 Å². The summed E-state index contributed by atoms with van der Waals surface area (Å²) in [6, 6.07) is 5.23. The van der Waals surface area contributed by atoms with Crippen molar-refractivity contribution in [1.82, 2.24) is 0 Å². The van der Waals surface area contributed by atoms with Crippen LogP contribution in [-0.2, 0) is 9.53 Å². The Balaban J connectivity index is 2.26. The second kappa shape index (κ2) is 5.93. The number of carboxylic acid groups (broad SMARTS) is 1. The average Bonchev–Trinajstić information content (AvgIpc) is 2.36. The zero-order valence-corrected chi connectivity index (χ0v) is 11.1.